The highest BCUT2D eigenvalue weighted by molar-refractivity contribution is 5.75. The van der Waals surface area contributed by atoms with Crippen LogP contribution in [0.15, 0.2) is 18.2 Å². The molecular weight excluding hydrogens is 155 g/mol. The summed E-state index contributed by atoms with van der Waals surface area (Å²) in [4.78, 5) is 10.1. The van der Waals surface area contributed by atoms with Crippen LogP contribution >= 0.6 is 0 Å². The molecule has 1 aromatic rings. The fraction of sp³-hybridized carbons (Fsp3) is 0.300. The van der Waals surface area contributed by atoms with Gasteiger partial charge in [-0.1, -0.05) is 25.5 Å². The lowest BCUT2D eigenvalue weighted by atomic mass is 10.1. The Hall–Kier alpha value is -1.18. The average Bonchev–Trinajstić information content (AvgIpc) is 2.13. The minimum atomic E-state index is -0.458. The second-order valence-electron chi connectivity index (χ2n) is 2.14. The maximum Gasteiger partial charge on any atom is 0.153 e. The summed E-state index contributed by atoms with van der Waals surface area (Å²) in [7, 11) is 0. The SMILES string of the molecule is CC.Cc1ccc(F)c(C=O)c1. The lowest BCUT2D eigenvalue weighted by molar-refractivity contribution is 0.111. The van der Waals surface area contributed by atoms with E-state index in [-0.39, 0.29) is 5.56 Å². The zero-order valence-corrected chi connectivity index (χ0v) is 7.60. The minimum Gasteiger partial charge on any atom is -0.298 e. The molecule has 0 aliphatic carbocycles. The fourth-order valence-electron chi connectivity index (χ4n) is 0.753. The van der Waals surface area contributed by atoms with Gasteiger partial charge in [0.15, 0.2) is 6.29 Å². The molecule has 1 nitrogen and oxygen atoms in total. The zero-order valence-electron chi connectivity index (χ0n) is 7.60. The van der Waals surface area contributed by atoms with Crippen LogP contribution in [-0.4, -0.2) is 6.29 Å². The third-order valence-corrected chi connectivity index (χ3v) is 1.28. The van der Waals surface area contributed by atoms with Gasteiger partial charge < -0.3 is 0 Å². The number of carbonyl (C=O) groups is 1. The van der Waals surface area contributed by atoms with E-state index in [9.17, 15) is 9.18 Å². The Morgan fingerprint density at radius 1 is 1.33 bits per heavy atom. The Balaban J connectivity index is 0.000000561. The molecule has 0 heterocycles. The Bertz CT molecular complexity index is 256. The van der Waals surface area contributed by atoms with Crippen LogP contribution in [0.4, 0.5) is 4.39 Å². The first-order valence-corrected chi connectivity index (χ1v) is 3.95. The Labute approximate surface area is 72.2 Å². The van der Waals surface area contributed by atoms with Gasteiger partial charge in [-0.25, -0.2) is 4.39 Å². The number of carbonyl (C=O) groups excluding carboxylic acids is 1. The molecule has 2 heteroatoms. The van der Waals surface area contributed by atoms with E-state index < -0.39 is 5.82 Å². The summed E-state index contributed by atoms with van der Waals surface area (Å²) in [6, 6.07) is 4.43. The van der Waals surface area contributed by atoms with Crippen molar-refractivity contribution in [2.24, 2.45) is 0 Å². The third-order valence-electron chi connectivity index (χ3n) is 1.28. The number of rotatable bonds is 1. The van der Waals surface area contributed by atoms with Crippen LogP contribution in [0.1, 0.15) is 29.8 Å². The van der Waals surface area contributed by atoms with Gasteiger partial charge in [-0.2, -0.15) is 0 Å². The normalized spacial score (nSPS) is 8.33. The molecule has 0 aliphatic heterocycles. The zero-order chi connectivity index (χ0) is 9.56. The van der Waals surface area contributed by atoms with Gasteiger partial charge in [0, 0.05) is 0 Å². The number of hydrogen-bond donors (Lipinski definition) is 0. The summed E-state index contributed by atoms with van der Waals surface area (Å²) >= 11 is 0. The number of aldehydes is 1. The Morgan fingerprint density at radius 2 is 1.92 bits per heavy atom. The molecule has 66 valence electrons. The predicted octanol–water partition coefficient (Wildman–Crippen LogP) is 2.97. The van der Waals surface area contributed by atoms with Crippen molar-refractivity contribution in [2.75, 3.05) is 0 Å². The molecule has 0 aromatic heterocycles. The molecule has 0 amide bonds. The van der Waals surface area contributed by atoms with E-state index in [1.54, 1.807) is 6.07 Å². The highest BCUT2D eigenvalue weighted by atomic mass is 19.1. The molecular formula is C10H13FO. The van der Waals surface area contributed by atoms with E-state index in [4.69, 9.17) is 0 Å². The van der Waals surface area contributed by atoms with Crippen molar-refractivity contribution in [3.05, 3.63) is 35.1 Å². The van der Waals surface area contributed by atoms with Crippen molar-refractivity contribution < 1.29 is 9.18 Å². The van der Waals surface area contributed by atoms with Gasteiger partial charge in [0.05, 0.1) is 5.56 Å². The largest absolute Gasteiger partial charge is 0.298 e. The first-order chi connectivity index (χ1) is 5.74. The second-order valence-corrected chi connectivity index (χ2v) is 2.14. The molecule has 1 rings (SSSR count). The van der Waals surface area contributed by atoms with Crippen molar-refractivity contribution in [3.63, 3.8) is 0 Å². The first kappa shape index (κ1) is 10.8. The number of halogens is 1. The Kier molecular flexibility index (Phi) is 4.93. The van der Waals surface area contributed by atoms with Crippen molar-refractivity contribution in [2.45, 2.75) is 20.8 Å². The van der Waals surface area contributed by atoms with Gasteiger partial charge in [0.1, 0.15) is 5.82 Å². The van der Waals surface area contributed by atoms with Crippen LogP contribution in [-0.2, 0) is 0 Å². The second kappa shape index (κ2) is 5.47. The third kappa shape index (κ3) is 2.82. The molecule has 0 bridgehead atoms. The number of hydrogen-bond acceptors (Lipinski definition) is 1. The highest BCUT2D eigenvalue weighted by Gasteiger charge is 1.98. The topological polar surface area (TPSA) is 17.1 Å². The summed E-state index contributed by atoms with van der Waals surface area (Å²) in [5.41, 5.74) is 1.02. The van der Waals surface area contributed by atoms with E-state index >= 15 is 0 Å². The van der Waals surface area contributed by atoms with E-state index in [2.05, 4.69) is 0 Å². The molecule has 0 saturated heterocycles. The van der Waals surface area contributed by atoms with Gasteiger partial charge in [-0.15, -0.1) is 0 Å². The van der Waals surface area contributed by atoms with Crippen molar-refractivity contribution >= 4 is 6.29 Å². The van der Waals surface area contributed by atoms with E-state index in [1.807, 2.05) is 20.8 Å². The molecule has 0 saturated carbocycles. The maximum absolute atomic E-state index is 12.5. The van der Waals surface area contributed by atoms with Crippen LogP contribution < -0.4 is 0 Å². The van der Waals surface area contributed by atoms with Crippen LogP contribution in [0.5, 0.6) is 0 Å². The van der Waals surface area contributed by atoms with Crippen molar-refractivity contribution in [1.82, 2.24) is 0 Å². The summed E-state index contributed by atoms with van der Waals surface area (Å²) in [6.07, 6.45) is 0.516. The molecule has 0 aliphatic rings. The van der Waals surface area contributed by atoms with Crippen LogP contribution in [0, 0.1) is 12.7 Å². The van der Waals surface area contributed by atoms with Gasteiger partial charge in [0.2, 0.25) is 0 Å². The summed E-state index contributed by atoms with van der Waals surface area (Å²) in [5, 5.41) is 0. The first-order valence-electron chi connectivity index (χ1n) is 3.95. The highest BCUT2D eigenvalue weighted by Crippen LogP contribution is 2.06. The lowest BCUT2D eigenvalue weighted by Gasteiger charge is -1.94. The predicted molar refractivity (Wildman–Crippen MR) is 47.9 cm³/mol. The number of benzene rings is 1. The van der Waals surface area contributed by atoms with E-state index in [1.165, 1.54) is 12.1 Å². The van der Waals surface area contributed by atoms with Crippen molar-refractivity contribution in [3.8, 4) is 0 Å². The molecule has 0 radical (unpaired) electrons. The monoisotopic (exact) mass is 168 g/mol. The molecule has 0 spiro atoms. The van der Waals surface area contributed by atoms with Crippen LogP contribution in [0.3, 0.4) is 0 Å². The van der Waals surface area contributed by atoms with Gasteiger partial charge >= 0.3 is 0 Å². The van der Waals surface area contributed by atoms with Gasteiger partial charge in [-0.3, -0.25) is 4.79 Å². The fourth-order valence-corrected chi connectivity index (χ4v) is 0.753. The average molecular weight is 168 g/mol. The smallest absolute Gasteiger partial charge is 0.153 e. The van der Waals surface area contributed by atoms with E-state index in [0.717, 1.165) is 5.56 Å². The van der Waals surface area contributed by atoms with E-state index in [0.29, 0.717) is 6.29 Å². The molecule has 0 N–H and O–H groups in total. The Morgan fingerprint density at radius 3 is 2.33 bits per heavy atom. The quantitative estimate of drug-likeness (QED) is 0.589. The molecule has 1 aromatic carbocycles. The molecule has 0 atom stereocenters. The van der Waals surface area contributed by atoms with Crippen molar-refractivity contribution in [1.29, 1.82) is 0 Å². The standard InChI is InChI=1S/C8H7FO.C2H6/c1-6-2-3-8(9)7(4-6)5-10;1-2/h2-5H,1H3;1-2H3. The summed E-state index contributed by atoms with van der Waals surface area (Å²) in [5.74, 6) is -0.458. The van der Waals surface area contributed by atoms with Crippen LogP contribution in [0.25, 0.3) is 0 Å². The van der Waals surface area contributed by atoms with Crippen LogP contribution in [0.2, 0.25) is 0 Å². The summed E-state index contributed by atoms with van der Waals surface area (Å²) < 4.78 is 12.5. The molecule has 0 unspecified atom stereocenters. The minimum absolute atomic E-state index is 0.125. The molecule has 12 heavy (non-hydrogen) atoms. The molecule has 0 fully saturated rings. The van der Waals surface area contributed by atoms with Gasteiger partial charge in [-0.05, 0) is 19.1 Å². The lowest BCUT2D eigenvalue weighted by Crippen LogP contribution is -1.86. The van der Waals surface area contributed by atoms with Gasteiger partial charge in [0.25, 0.3) is 0 Å². The number of aryl methyl sites for hydroxylation is 1. The maximum atomic E-state index is 12.5. The summed E-state index contributed by atoms with van der Waals surface area (Å²) in [6.45, 7) is 5.81.